The van der Waals surface area contributed by atoms with Gasteiger partial charge in [-0.15, -0.1) is 10.2 Å². The number of aromatic nitrogens is 1. The van der Waals surface area contributed by atoms with Crippen molar-refractivity contribution in [2.24, 2.45) is 10.2 Å². The summed E-state index contributed by atoms with van der Waals surface area (Å²) < 4.78 is 1.77. The summed E-state index contributed by atoms with van der Waals surface area (Å²) in [5.41, 5.74) is 3.88. The second-order valence-corrected chi connectivity index (χ2v) is 8.38. The van der Waals surface area contributed by atoms with Gasteiger partial charge in [0.15, 0.2) is 5.69 Å². The number of rotatable bonds is 6. The topological polar surface area (TPSA) is 103 Å². The fourth-order valence-corrected chi connectivity index (χ4v) is 3.89. The number of carbonyl (C=O) groups is 1. The molecule has 0 aliphatic rings. The lowest BCUT2D eigenvalue weighted by Crippen LogP contribution is -2.15. The predicted molar refractivity (Wildman–Crippen MR) is 134 cm³/mol. The van der Waals surface area contributed by atoms with Gasteiger partial charge in [0.1, 0.15) is 0 Å². The van der Waals surface area contributed by atoms with Crippen LogP contribution in [0.15, 0.2) is 89.1 Å². The Morgan fingerprint density at radius 3 is 2.52 bits per heavy atom. The van der Waals surface area contributed by atoms with Crippen molar-refractivity contribution in [3.05, 3.63) is 90.0 Å². The quantitative estimate of drug-likeness (QED) is 0.185. The van der Waals surface area contributed by atoms with Gasteiger partial charge in [0.25, 0.3) is 0 Å². The number of aromatic hydroxyl groups is 1. The molecule has 166 valence electrons. The van der Waals surface area contributed by atoms with Gasteiger partial charge in [-0.25, -0.2) is 0 Å². The number of thioether (sulfide) groups is 1. The number of nitrogens with one attached hydrogen (secondary N) is 2. The van der Waals surface area contributed by atoms with Gasteiger partial charge in [-0.05, 0) is 30.2 Å². The van der Waals surface area contributed by atoms with Crippen molar-refractivity contribution in [2.75, 3.05) is 11.1 Å². The van der Waals surface area contributed by atoms with Crippen LogP contribution in [0.2, 0.25) is 0 Å². The van der Waals surface area contributed by atoms with E-state index in [0.717, 1.165) is 39.5 Å². The van der Waals surface area contributed by atoms with E-state index < -0.39 is 0 Å². The third-order valence-corrected chi connectivity index (χ3v) is 5.86. The third-order valence-electron chi connectivity index (χ3n) is 5.10. The zero-order valence-corrected chi connectivity index (χ0v) is 18.8. The number of para-hydroxylation sites is 2. The number of amidine groups is 1. The predicted octanol–water partition coefficient (Wildman–Crippen LogP) is 6.09. The van der Waals surface area contributed by atoms with Crippen molar-refractivity contribution in [3.8, 4) is 5.88 Å². The summed E-state index contributed by atoms with van der Waals surface area (Å²) in [6.07, 6.45) is 0. The van der Waals surface area contributed by atoms with E-state index >= 15 is 0 Å². The third kappa shape index (κ3) is 5.30. The highest BCUT2D eigenvalue weighted by Crippen LogP contribution is 2.39. The van der Waals surface area contributed by atoms with Gasteiger partial charge >= 0.3 is 0 Å². The van der Waals surface area contributed by atoms with Crippen molar-refractivity contribution in [1.29, 1.82) is 5.41 Å². The molecule has 8 heteroatoms. The highest BCUT2D eigenvalue weighted by atomic mass is 32.2. The molecule has 0 saturated carbocycles. The first kappa shape index (κ1) is 22.3. The molecule has 0 fully saturated rings. The summed E-state index contributed by atoms with van der Waals surface area (Å²) in [5, 5.41) is 30.5. The Kier molecular flexibility index (Phi) is 6.85. The van der Waals surface area contributed by atoms with Gasteiger partial charge in [0.05, 0.1) is 17.8 Å². The molecule has 1 aromatic heterocycles. The zero-order valence-electron chi connectivity index (χ0n) is 18.0. The second-order valence-electron chi connectivity index (χ2n) is 7.42. The summed E-state index contributed by atoms with van der Waals surface area (Å²) in [5.74, 6) is -0.205. The number of hydrogen-bond acceptors (Lipinski definition) is 5. The van der Waals surface area contributed by atoms with Gasteiger partial charge in [-0.1, -0.05) is 78.5 Å². The first-order valence-electron chi connectivity index (χ1n) is 10.4. The minimum atomic E-state index is -0.225. The SMILES string of the molecule is Cc1ccccc1NC(=O)CSC(=N)N=Nc1c(O)n(Cc2ccccc2)c2ccccc12. The molecule has 3 aromatic carbocycles. The summed E-state index contributed by atoms with van der Waals surface area (Å²) in [6, 6.07) is 24.9. The lowest BCUT2D eigenvalue weighted by molar-refractivity contribution is -0.113. The number of aryl methyl sites for hydroxylation is 1. The van der Waals surface area contributed by atoms with Crippen LogP contribution < -0.4 is 5.32 Å². The van der Waals surface area contributed by atoms with Crippen molar-refractivity contribution in [2.45, 2.75) is 13.5 Å². The summed E-state index contributed by atoms with van der Waals surface area (Å²) in [4.78, 5) is 12.2. The number of amides is 1. The largest absolute Gasteiger partial charge is 0.493 e. The molecular formula is C25H23N5O2S. The fraction of sp³-hybridized carbons (Fsp3) is 0.120. The highest BCUT2D eigenvalue weighted by molar-refractivity contribution is 8.14. The maximum absolute atomic E-state index is 12.2. The van der Waals surface area contributed by atoms with Crippen LogP contribution in [-0.4, -0.2) is 26.5 Å². The molecule has 0 aliphatic carbocycles. The van der Waals surface area contributed by atoms with Crippen LogP contribution in [0.4, 0.5) is 11.4 Å². The fourth-order valence-electron chi connectivity index (χ4n) is 3.45. The van der Waals surface area contributed by atoms with E-state index in [2.05, 4.69) is 15.5 Å². The number of fused-ring (bicyclic) bond motifs is 1. The lowest BCUT2D eigenvalue weighted by Gasteiger charge is -2.07. The molecule has 0 unspecified atom stereocenters. The molecule has 0 bridgehead atoms. The highest BCUT2D eigenvalue weighted by Gasteiger charge is 2.17. The Labute approximate surface area is 195 Å². The van der Waals surface area contributed by atoms with Crippen LogP contribution in [0.3, 0.4) is 0 Å². The first-order chi connectivity index (χ1) is 16.0. The minimum absolute atomic E-state index is 0.0149. The van der Waals surface area contributed by atoms with E-state index in [1.165, 1.54) is 0 Å². The molecule has 0 spiro atoms. The van der Waals surface area contributed by atoms with E-state index in [1.807, 2.05) is 85.8 Å². The van der Waals surface area contributed by atoms with Gasteiger partial charge in [0.2, 0.25) is 17.0 Å². The Bertz CT molecular complexity index is 1330. The molecule has 33 heavy (non-hydrogen) atoms. The van der Waals surface area contributed by atoms with Crippen LogP contribution in [0.5, 0.6) is 5.88 Å². The Morgan fingerprint density at radius 1 is 1.03 bits per heavy atom. The molecule has 1 amide bonds. The van der Waals surface area contributed by atoms with Gasteiger partial charge in [0, 0.05) is 11.1 Å². The van der Waals surface area contributed by atoms with Gasteiger partial charge in [-0.3, -0.25) is 10.2 Å². The van der Waals surface area contributed by atoms with Crippen LogP contribution in [0.25, 0.3) is 10.9 Å². The molecule has 4 aromatic rings. The number of carbonyl (C=O) groups excluding carboxylic acids is 1. The maximum atomic E-state index is 12.2. The zero-order chi connectivity index (χ0) is 23.2. The van der Waals surface area contributed by atoms with E-state index in [0.29, 0.717) is 12.2 Å². The van der Waals surface area contributed by atoms with Crippen LogP contribution in [-0.2, 0) is 11.3 Å². The van der Waals surface area contributed by atoms with Gasteiger partial charge in [-0.2, -0.15) is 0 Å². The van der Waals surface area contributed by atoms with Crippen molar-refractivity contribution in [3.63, 3.8) is 0 Å². The lowest BCUT2D eigenvalue weighted by atomic mass is 10.2. The molecule has 1 heterocycles. The second kappa shape index (κ2) is 10.1. The Morgan fingerprint density at radius 2 is 1.73 bits per heavy atom. The number of anilines is 1. The molecular weight excluding hydrogens is 434 g/mol. The normalized spacial score (nSPS) is 11.2. The molecule has 0 radical (unpaired) electrons. The molecule has 3 N–H and O–H groups in total. The van der Waals surface area contributed by atoms with E-state index in [1.54, 1.807) is 4.57 Å². The van der Waals surface area contributed by atoms with Crippen LogP contribution in [0.1, 0.15) is 11.1 Å². The number of hydrogen-bond donors (Lipinski definition) is 3. The van der Waals surface area contributed by atoms with E-state index in [4.69, 9.17) is 5.41 Å². The number of nitrogens with zero attached hydrogens (tertiary/aromatic N) is 3. The van der Waals surface area contributed by atoms with Crippen LogP contribution >= 0.6 is 11.8 Å². The van der Waals surface area contributed by atoms with Crippen LogP contribution in [0, 0.1) is 12.3 Å². The van der Waals surface area contributed by atoms with Crippen molar-refractivity contribution in [1.82, 2.24) is 4.57 Å². The number of azo groups is 1. The smallest absolute Gasteiger partial charge is 0.234 e. The minimum Gasteiger partial charge on any atom is -0.493 e. The molecule has 0 aliphatic heterocycles. The average molecular weight is 458 g/mol. The molecule has 7 nitrogen and oxygen atoms in total. The standard InChI is InChI=1S/C25H23N5O2S/c1-17-9-5-7-13-20(17)27-22(31)16-33-25(26)29-28-23-19-12-6-8-14-21(19)30(24(23)32)15-18-10-3-2-4-11-18/h2-14,26,32H,15-16H2,1H3,(H,27,31). The average Bonchev–Trinajstić information content (AvgIpc) is 3.09. The molecule has 4 rings (SSSR count). The summed E-state index contributed by atoms with van der Waals surface area (Å²) >= 11 is 0.972. The summed E-state index contributed by atoms with van der Waals surface area (Å²) in [7, 11) is 0. The Hall–Kier alpha value is -3.91. The molecule has 0 saturated heterocycles. The van der Waals surface area contributed by atoms with Crippen molar-refractivity contribution < 1.29 is 9.90 Å². The van der Waals surface area contributed by atoms with Crippen molar-refractivity contribution >= 4 is 45.1 Å². The monoisotopic (exact) mass is 457 g/mol. The molecule has 0 atom stereocenters. The van der Waals surface area contributed by atoms with Gasteiger partial charge < -0.3 is 15.0 Å². The number of benzene rings is 3. The Balaban J connectivity index is 1.46. The first-order valence-corrected chi connectivity index (χ1v) is 11.3. The summed E-state index contributed by atoms with van der Waals surface area (Å²) in [6.45, 7) is 2.40. The van der Waals surface area contributed by atoms with E-state index in [9.17, 15) is 9.90 Å². The van der Waals surface area contributed by atoms with E-state index in [-0.39, 0.29) is 22.7 Å². The maximum Gasteiger partial charge on any atom is 0.234 e.